The molecule has 0 nitrogen and oxygen atoms in total. The van der Waals surface area contributed by atoms with E-state index in [1.165, 1.54) is 4.88 Å². The summed E-state index contributed by atoms with van der Waals surface area (Å²) in [7, 11) is 0. The van der Waals surface area contributed by atoms with E-state index < -0.39 is 0 Å². The molecule has 1 rings (SSSR count). The van der Waals surface area contributed by atoms with E-state index in [9.17, 15) is 0 Å². The minimum Gasteiger partial charge on any atom is -0.147 e. The number of rotatable bonds is 3. The third-order valence-electron chi connectivity index (χ3n) is 2.26. The maximum atomic E-state index is 6.03. The summed E-state index contributed by atoms with van der Waals surface area (Å²) in [5.74, 6) is 0. The molecule has 3 heteroatoms. The zero-order valence-corrected chi connectivity index (χ0v) is 12.0. The van der Waals surface area contributed by atoms with Crippen LogP contribution in [0.5, 0.6) is 0 Å². The van der Waals surface area contributed by atoms with E-state index >= 15 is 0 Å². The third kappa shape index (κ3) is 3.56. The van der Waals surface area contributed by atoms with Crippen LogP contribution in [0.25, 0.3) is 0 Å². The summed E-state index contributed by atoms with van der Waals surface area (Å²) < 4.78 is 0. The molecular formula is C11H16BrClS. The van der Waals surface area contributed by atoms with Crippen molar-refractivity contribution in [3.8, 4) is 0 Å². The van der Waals surface area contributed by atoms with E-state index in [4.69, 9.17) is 11.6 Å². The number of aryl methyl sites for hydroxylation is 1. The lowest BCUT2D eigenvalue weighted by atomic mass is 9.89. The van der Waals surface area contributed by atoms with Crippen LogP contribution in [-0.4, -0.2) is 4.83 Å². The quantitative estimate of drug-likeness (QED) is 0.677. The maximum absolute atomic E-state index is 6.03. The molecule has 0 saturated carbocycles. The van der Waals surface area contributed by atoms with Gasteiger partial charge in [-0.1, -0.05) is 48.3 Å². The van der Waals surface area contributed by atoms with Gasteiger partial charge in [0.15, 0.2) is 0 Å². The Labute approximate surface area is 104 Å². The minimum atomic E-state index is 0.323. The molecule has 0 N–H and O–H groups in total. The molecule has 1 heterocycles. The van der Waals surface area contributed by atoms with E-state index in [-0.39, 0.29) is 0 Å². The first-order valence-corrected chi connectivity index (χ1v) is 6.94. The summed E-state index contributed by atoms with van der Waals surface area (Å²) in [6.07, 6.45) is 2.22. The van der Waals surface area contributed by atoms with Gasteiger partial charge in [0.1, 0.15) is 0 Å². The van der Waals surface area contributed by atoms with Crippen molar-refractivity contribution < 1.29 is 0 Å². The number of hydrogen-bond donors (Lipinski definition) is 0. The SMILES string of the molecule is CC(C)(C)C(Br)CCc1sccc1Cl. The summed E-state index contributed by atoms with van der Waals surface area (Å²) in [5.41, 5.74) is 0.323. The normalized spacial score (nSPS) is 14.4. The summed E-state index contributed by atoms with van der Waals surface area (Å²) in [6, 6.07) is 1.97. The van der Waals surface area contributed by atoms with Crippen LogP contribution in [0.2, 0.25) is 5.02 Å². The Hall–Kier alpha value is 0.470. The molecule has 0 aliphatic carbocycles. The van der Waals surface area contributed by atoms with E-state index in [0.717, 1.165) is 17.9 Å². The molecule has 0 aliphatic rings. The predicted molar refractivity (Wildman–Crippen MR) is 69.8 cm³/mol. The molecule has 1 atom stereocenters. The monoisotopic (exact) mass is 294 g/mol. The van der Waals surface area contributed by atoms with Gasteiger partial charge in [-0.3, -0.25) is 0 Å². The van der Waals surface area contributed by atoms with Crippen LogP contribution in [0, 0.1) is 5.41 Å². The first kappa shape index (κ1) is 12.5. The molecule has 1 unspecified atom stereocenters. The fourth-order valence-electron chi connectivity index (χ4n) is 1.19. The van der Waals surface area contributed by atoms with Crippen molar-refractivity contribution in [3.05, 3.63) is 21.3 Å². The van der Waals surface area contributed by atoms with Gasteiger partial charge in [0.25, 0.3) is 0 Å². The van der Waals surface area contributed by atoms with Crippen molar-refractivity contribution in [2.24, 2.45) is 5.41 Å². The van der Waals surface area contributed by atoms with Gasteiger partial charge in [-0.25, -0.2) is 0 Å². The van der Waals surface area contributed by atoms with Crippen LogP contribution in [0.1, 0.15) is 32.1 Å². The first-order chi connectivity index (χ1) is 6.41. The predicted octanol–water partition coefficient (Wildman–Crippen LogP) is 5.14. The van der Waals surface area contributed by atoms with Crippen molar-refractivity contribution in [2.75, 3.05) is 0 Å². The molecule has 0 amide bonds. The zero-order valence-electron chi connectivity index (χ0n) is 8.81. The first-order valence-electron chi connectivity index (χ1n) is 4.77. The molecule has 0 saturated heterocycles. The second-order valence-electron chi connectivity index (χ2n) is 4.56. The van der Waals surface area contributed by atoms with Gasteiger partial charge in [0.05, 0.1) is 5.02 Å². The van der Waals surface area contributed by atoms with Gasteiger partial charge in [0.2, 0.25) is 0 Å². The van der Waals surface area contributed by atoms with Crippen molar-refractivity contribution in [2.45, 2.75) is 38.4 Å². The highest BCUT2D eigenvalue weighted by Crippen LogP contribution is 2.31. The Morgan fingerprint density at radius 2 is 2.14 bits per heavy atom. The van der Waals surface area contributed by atoms with Crippen LogP contribution in [0.15, 0.2) is 11.4 Å². The number of halogens is 2. The largest absolute Gasteiger partial charge is 0.147 e. The molecule has 14 heavy (non-hydrogen) atoms. The zero-order chi connectivity index (χ0) is 10.8. The molecule has 0 spiro atoms. The Morgan fingerprint density at radius 3 is 2.57 bits per heavy atom. The molecule has 1 aromatic rings. The summed E-state index contributed by atoms with van der Waals surface area (Å²) >= 11 is 11.5. The summed E-state index contributed by atoms with van der Waals surface area (Å²) in [6.45, 7) is 6.76. The van der Waals surface area contributed by atoms with Crippen molar-refractivity contribution >= 4 is 38.9 Å². The molecule has 0 aliphatic heterocycles. The van der Waals surface area contributed by atoms with E-state index in [1.54, 1.807) is 11.3 Å². The Kier molecular flexibility index (Phi) is 4.48. The Balaban J connectivity index is 2.46. The van der Waals surface area contributed by atoms with Gasteiger partial charge in [0, 0.05) is 9.70 Å². The molecule has 0 aromatic carbocycles. The molecule has 0 bridgehead atoms. The topological polar surface area (TPSA) is 0 Å². The average molecular weight is 296 g/mol. The summed E-state index contributed by atoms with van der Waals surface area (Å²) in [4.78, 5) is 1.86. The average Bonchev–Trinajstić information content (AvgIpc) is 2.45. The van der Waals surface area contributed by atoms with Crippen LogP contribution < -0.4 is 0 Å². The fraction of sp³-hybridized carbons (Fsp3) is 0.636. The van der Waals surface area contributed by atoms with Crippen LogP contribution in [-0.2, 0) is 6.42 Å². The van der Waals surface area contributed by atoms with Gasteiger partial charge >= 0.3 is 0 Å². The molecule has 1 aromatic heterocycles. The highest BCUT2D eigenvalue weighted by molar-refractivity contribution is 9.09. The van der Waals surface area contributed by atoms with Crippen LogP contribution in [0.3, 0.4) is 0 Å². The molecule has 80 valence electrons. The second kappa shape index (κ2) is 5.00. The fourth-order valence-corrected chi connectivity index (χ4v) is 2.57. The molecule has 0 fully saturated rings. The molecular weight excluding hydrogens is 280 g/mol. The van der Waals surface area contributed by atoms with E-state index in [1.807, 2.05) is 6.07 Å². The van der Waals surface area contributed by atoms with Crippen molar-refractivity contribution in [1.29, 1.82) is 0 Å². The van der Waals surface area contributed by atoms with Crippen LogP contribution >= 0.6 is 38.9 Å². The minimum absolute atomic E-state index is 0.323. The van der Waals surface area contributed by atoms with E-state index in [2.05, 4.69) is 42.1 Å². The lowest BCUT2D eigenvalue weighted by molar-refractivity contribution is 0.386. The standard InChI is InChI=1S/C11H16BrClS/c1-11(2,3)10(12)5-4-9-8(13)6-7-14-9/h6-7,10H,4-5H2,1-3H3. The van der Waals surface area contributed by atoms with Crippen molar-refractivity contribution in [3.63, 3.8) is 0 Å². The smallest absolute Gasteiger partial charge is 0.0544 e. The van der Waals surface area contributed by atoms with Gasteiger partial charge in [-0.15, -0.1) is 11.3 Å². The number of alkyl halides is 1. The Bertz CT molecular complexity index is 288. The van der Waals surface area contributed by atoms with Crippen molar-refractivity contribution in [1.82, 2.24) is 0 Å². The Morgan fingerprint density at radius 1 is 1.50 bits per heavy atom. The number of thiophene rings is 1. The van der Waals surface area contributed by atoms with Gasteiger partial charge in [-0.2, -0.15) is 0 Å². The summed E-state index contributed by atoms with van der Waals surface area (Å²) in [5, 5.41) is 2.97. The van der Waals surface area contributed by atoms with Crippen LogP contribution in [0.4, 0.5) is 0 Å². The maximum Gasteiger partial charge on any atom is 0.0544 e. The lowest BCUT2D eigenvalue weighted by Gasteiger charge is -2.25. The molecule has 0 radical (unpaired) electrons. The van der Waals surface area contributed by atoms with E-state index in [0.29, 0.717) is 10.2 Å². The highest BCUT2D eigenvalue weighted by atomic mass is 79.9. The van der Waals surface area contributed by atoms with Gasteiger partial charge < -0.3 is 0 Å². The lowest BCUT2D eigenvalue weighted by Crippen LogP contribution is -2.20. The van der Waals surface area contributed by atoms with Gasteiger partial charge in [-0.05, 0) is 29.7 Å². The number of hydrogen-bond acceptors (Lipinski definition) is 1. The second-order valence-corrected chi connectivity index (χ2v) is 7.08. The highest BCUT2D eigenvalue weighted by Gasteiger charge is 2.21. The third-order valence-corrected chi connectivity index (χ3v) is 5.53.